The lowest BCUT2D eigenvalue weighted by atomic mass is 10.1. The second kappa shape index (κ2) is 14.0. The Morgan fingerprint density at radius 2 is 1.84 bits per heavy atom. The smallest absolute Gasteiger partial charge is 0.220 e. The molecule has 0 rings (SSSR count). The van der Waals surface area contributed by atoms with Crippen LogP contribution in [0.5, 0.6) is 0 Å². The molecule has 0 heterocycles. The molecule has 1 atom stereocenters. The van der Waals surface area contributed by atoms with E-state index in [-0.39, 0.29) is 11.9 Å². The summed E-state index contributed by atoms with van der Waals surface area (Å²) in [5.74, 6) is 1.17. The van der Waals surface area contributed by atoms with Gasteiger partial charge in [-0.2, -0.15) is 0 Å². The zero-order valence-corrected chi connectivity index (χ0v) is 13.7. The Kier molecular flexibility index (Phi) is 15.3. The van der Waals surface area contributed by atoms with Crippen LogP contribution in [-0.4, -0.2) is 40.1 Å². The fourth-order valence-corrected chi connectivity index (χ4v) is 1.58. The summed E-state index contributed by atoms with van der Waals surface area (Å²) in [5.41, 5.74) is 0. The summed E-state index contributed by atoms with van der Waals surface area (Å²) in [6, 6.07) is 0.273. The van der Waals surface area contributed by atoms with Gasteiger partial charge in [-0.25, -0.2) is 4.21 Å². The van der Waals surface area contributed by atoms with Crippen LogP contribution in [0.15, 0.2) is 0 Å². The minimum absolute atomic E-state index is 0.175. The van der Waals surface area contributed by atoms with E-state index in [1.807, 2.05) is 20.9 Å². The summed E-state index contributed by atoms with van der Waals surface area (Å²) in [5, 5.41) is 5.74. The third kappa shape index (κ3) is 23.1. The van der Waals surface area contributed by atoms with Gasteiger partial charge >= 0.3 is 0 Å². The van der Waals surface area contributed by atoms with Gasteiger partial charge in [0.05, 0.1) is 5.75 Å². The molecule has 0 fully saturated rings. The van der Waals surface area contributed by atoms with Gasteiger partial charge in [0, 0.05) is 12.5 Å². The van der Waals surface area contributed by atoms with E-state index in [0.717, 1.165) is 19.4 Å². The van der Waals surface area contributed by atoms with Gasteiger partial charge in [0.2, 0.25) is 5.91 Å². The molecule has 0 spiro atoms. The maximum atomic E-state index is 11.0. The van der Waals surface area contributed by atoms with E-state index in [1.54, 1.807) is 0 Å². The number of hydrogen-bond acceptors (Lipinski definition) is 3. The van der Waals surface area contributed by atoms with E-state index >= 15 is 0 Å². The number of carbonyl (C=O) groups excluding carboxylic acids is 1. The normalized spacial score (nSPS) is 12.0. The molecular weight excluding hydrogens is 264 g/mol. The summed E-state index contributed by atoms with van der Waals surface area (Å²) in [4.78, 5) is 11.0. The van der Waals surface area contributed by atoms with Crippen molar-refractivity contribution < 1.29 is 13.6 Å². The summed E-state index contributed by atoms with van der Waals surface area (Å²) in [6.45, 7) is 9.03. The van der Waals surface area contributed by atoms with Crippen LogP contribution in [0.25, 0.3) is 0 Å². The van der Waals surface area contributed by atoms with E-state index in [2.05, 4.69) is 24.5 Å². The molecule has 0 aliphatic heterocycles. The Balaban J connectivity index is 0. The first kappa shape index (κ1) is 20.8. The van der Waals surface area contributed by atoms with Crippen molar-refractivity contribution in [3.8, 4) is 0 Å². The van der Waals surface area contributed by atoms with Crippen LogP contribution in [0.1, 0.15) is 47.0 Å². The van der Waals surface area contributed by atoms with Crippen LogP contribution in [0.4, 0.5) is 0 Å². The van der Waals surface area contributed by atoms with E-state index in [4.69, 9.17) is 4.55 Å². The van der Waals surface area contributed by atoms with Crippen LogP contribution >= 0.6 is 0 Å². The number of carbonyl (C=O) groups is 1. The minimum atomic E-state index is -1.61. The average molecular weight is 294 g/mol. The fraction of sp³-hybridized carbons (Fsp3) is 0.923. The topological polar surface area (TPSA) is 78.4 Å². The molecule has 1 amide bonds. The molecule has 19 heavy (non-hydrogen) atoms. The Hall–Kier alpha value is -0.460. The molecule has 6 heteroatoms. The number of amides is 1. The summed E-state index contributed by atoms with van der Waals surface area (Å²) in [6.07, 6.45) is 2.41. The molecule has 1 unspecified atom stereocenters. The average Bonchev–Trinajstić information content (AvgIpc) is 2.26. The molecule has 0 aliphatic rings. The van der Waals surface area contributed by atoms with Gasteiger partial charge in [0.25, 0.3) is 0 Å². The Bertz CT molecular complexity index is 246. The van der Waals surface area contributed by atoms with Gasteiger partial charge in [0.1, 0.15) is 0 Å². The number of rotatable bonds is 8. The summed E-state index contributed by atoms with van der Waals surface area (Å²) in [7, 11) is 1.82. The lowest BCUT2D eigenvalue weighted by Gasteiger charge is -2.08. The van der Waals surface area contributed by atoms with Gasteiger partial charge in [-0.1, -0.05) is 13.8 Å². The van der Waals surface area contributed by atoms with Crippen LogP contribution in [-0.2, 0) is 15.9 Å². The maximum absolute atomic E-state index is 11.0. The van der Waals surface area contributed by atoms with E-state index in [1.165, 1.54) is 0 Å². The second-order valence-electron chi connectivity index (χ2n) is 5.14. The number of nitrogens with one attached hydrogen (secondary N) is 2. The predicted octanol–water partition coefficient (Wildman–Crippen LogP) is 1.76. The molecule has 0 bridgehead atoms. The third-order valence-electron chi connectivity index (χ3n) is 2.14. The zero-order chi connectivity index (χ0) is 15.3. The van der Waals surface area contributed by atoms with Crippen LogP contribution < -0.4 is 10.6 Å². The van der Waals surface area contributed by atoms with Crippen molar-refractivity contribution in [2.24, 2.45) is 5.92 Å². The highest BCUT2D eigenvalue weighted by atomic mass is 32.2. The van der Waals surface area contributed by atoms with E-state index in [0.29, 0.717) is 18.1 Å². The highest BCUT2D eigenvalue weighted by Gasteiger charge is 2.03. The van der Waals surface area contributed by atoms with Crippen molar-refractivity contribution in [1.82, 2.24) is 10.6 Å². The molecule has 0 saturated heterocycles. The predicted molar refractivity (Wildman–Crippen MR) is 81.5 cm³/mol. The Morgan fingerprint density at radius 1 is 1.26 bits per heavy atom. The highest BCUT2D eigenvalue weighted by Crippen LogP contribution is 2.02. The molecule has 0 radical (unpaired) electrons. The SMILES string of the molecule is CC(C)CCC(=O)NC(C)C.CNCCCS(=O)O. The molecule has 0 aromatic rings. The number of hydrogen-bond donors (Lipinski definition) is 3. The zero-order valence-electron chi connectivity index (χ0n) is 12.9. The first-order chi connectivity index (χ1) is 8.79. The standard InChI is InChI=1S/C9H19NO.C4H11NO2S/c1-7(2)5-6-9(11)10-8(3)4;1-5-3-2-4-8(6)7/h7-8H,5-6H2,1-4H3,(H,10,11);5H,2-4H2,1H3,(H,6,7). The minimum Gasteiger partial charge on any atom is -0.354 e. The second-order valence-corrected chi connectivity index (χ2v) is 6.19. The molecule has 3 N–H and O–H groups in total. The van der Waals surface area contributed by atoms with Crippen molar-refractivity contribution in [2.75, 3.05) is 19.3 Å². The molecule has 0 aliphatic carbocycles. The van der Waals surface area contributed by atoms with Crippen LogP contribution in [0, 0.1) is 5.92 Å². The molecule has 116 valence electrons. The largest absolute Gasteiger partial charge is 0.354 e. The Labute approximate surface area is 120 Å². The van der Waals surface area contributed by atoms with Gasteiger partial charge < -0.3 is 15.2 Å². The third-order valence-corrected chi connectivity index (χ3v) is 2.78. The van der Waals surface area contributed by atoms with Crippen molar-refractivity contribution >= 4 is 17.0 Å². The maximum Gasteiger partial charge on any atom is 0.220 e. The summed E-state index contributed by atoms with van der Waals surface area (Å²) >= 11 is -1.61. The van der Waals surface area contributed by atoms with Crippen molar-refractivity contribution in [1.29, 1.82) is 0 Å². The monoisotopic (exact) mass is 294 g/mol. The molecule has 5 nitrogen and oxygen atoms in total. The molecular formula is C13H30N2O3S. The molecule has 0 aromatic carbocycles. The van der Waals surface area contributed by atoms with Crippen molar-refractivity contribution in [3.63, 3.8) is 0 Å². The quantitative estimate of drug-likeness (QED) is 0.471. The summed E-state index contributed by atoms with van der Waals surface area (Å²) < 4.78 is 18.2. The van der Waals surface area contributed by atoms with Gasteiger partial charge in [-0.15, -0.1) is 0 Å². The van der Waals surface area contributed by atoms with E-state index < -0.39 is 11.1 Å². The molecule has 0 aromatic heterocycles. The first-order valence-electron chi connectivity index (χ1n) is 6.81. The van der Waals surface area contributed by atoms with Crippen molar-refractivity contribution in [2.45, 2.75) is 53.0 Å². The lowest BCUT2D eigenvalue weighted by Crippen LogP contribution is -2.29. The van der Waals surface area contributed by atoms with Gasteiger partial charge in [-0.05, 0) is 46.2 Å². The van der Waals surface area contributed by atoms with E-state index in [9.17, 15) is 9.00 Å². The Morgan fingerprint density at radius 3 is 2.21 bits per heavy atom. The fourth-order valence-electron chi connectivity index (χ4n) is 1.19. The van der Waals surface area contributed by atoms with Gasteiger partial charge in [-0.3, -0.25) is 4.79 Å². The van der Waals surface area contributed by atoms with Crippen molar-refractivity contribution in [3.05, 3.63) is 0 Å². The van der Waals surface area contributed by atoms with Crippen LogP contribution in [0.3, 0.4) is 0 Å². The van der Waals surface area contributed by atoms with Crippen LogP contribution in [0.2, 0.25) is 0 Å². The lowest BCUT2D eigenvalue weighted by molar-refractivity contribution is -0.121. The first-order valence-corrected chi connectivity index (χ1v) is 8.08. The van der Waals surface area contributed by atoms with Gasteiger partial charge in [0.15, 0.2) is 11.1 Å². The highest BCUT2D eigenvalue weighted by molar-refractivity contribution is 7.79. The molecule has 0 saturated carbocycles.